The monoisotopic (exact) mass is 382 g/mol. The van der Waals surface area contributed by atoms with Gasteiger partial charge in [0, 0.05) is 18.2 Å². The second-order valence-electron chi connectivity index (χ2n) is 6.23. The third-order valence-corrected chi connectivity index (χ3v) is 7.75. The van der Waals surface area contributed by atoms with Gasteiger partial charge in [0.25, 0.3) is 0 Å². The summed E-state index contributed by atoms with van der Waals surface area (Å²) >= 11 is 1.43. The van der Waals surface area contributed by atoms with Crippen LogP contribution in [-0.2, 0) is 21.1 Å². The molecule has 0 radical (unpaired) electrons. The Kier molecular flexibility index (Phi) is 5.38. The number of sulfone groups is 1. The lowest BCUT2D eigenvalue weighted by molar-refractivity contribution is -0.117. The number of fused-ring (bicyclic) bond motifs is 1. The molecule has 0 unspecified atom stereocenters. The van der Waals surface area contributed by atoms with Gasteiger partial charge in [-0.05, 0) is 24.1 Å². The van der Waals surface area contributed by atoms with E-state index in [1.165, 1.54) is 11.8 Å². The van der Waals surface area contributed by atoms with E-state index in [9.17, 15) is 13.2 Å². The molecule has 6 nitrogen and oxygen atoms in total. The molecule has 1 aromatic rings. The van der Waals surface area contributed by atoms with Crippen molar-refractivity contribution in [3.8, 4) is 5.75 Å². The molecule has 1 aromatic carbocycles. The lowest BCUT2D eigenvalue weighted by Gasteiger charge is -2.24. The molecular weight excluding hydrogens is 360 g/mol. The smallest absolute Gasteiger partial charge is 0.247 e. The number of ether oxygens (including phenoxy) is 1. The summed E-state index contributed by atoms with van der Waals surface area (Å²) in [5.74, 6) is 0.950. The number of benzene rings is 1. The molecule has 25 heavy (non-hydrogen) atoms. The highest BCUT2D eigenvalue weighted by molar-refractivity contribution is 8.15. The van der Waals surface area contributed by atoms with E-state index in [-0.39, 0.29) is 28.7 Å². The molecule has 0 spiro atoms. The fourth-order valence-corrected chi connectivity index (χ4v) is 7.12. The van der Waals surface area contributed by atoms with Gasteiger partial charge in [0.1, 0.15) is 5.75 Å². The first-order valence-corrected chi connectivity index (χ1v) is 11.0. The van der Waals surface area contributed by atoms with Crippen LogP contribution in [0.2, 0.25) is 0 Å². The zero-order valence-electron chi connectivity index (χ0n) is 14.3. The molecule has 3 rings (SSSR count). The van der Waals surface area contributed by atoms with E-state index in [1.807, 2.05) is 29.2 Å². The number of thioether (sulfide) groups is 1. The summed E-state index contributed by atoms with van der Waals surface area (Å²) < 4.78 is 29.1. The van der Waals surface area contributed by atoms with Gasteiger partial charge in [-0.2, -0.15) is 4.99 Å². The number of aliphatic imine (C=N–C) groups is 1. The lowest BCUT2D eigenvalue weighted by Crippen LogP contribution is -2.39. The summed E-state index contributed by atoms with van der Waals surface area (Å²) in [5, 5.41) is 0.648. The number of rotatable bonds is 5. The van der Waals surface area contributed by atoms with Gasteiger partial charge < -0.3 is 9.64 Å². The molecule has 136 valence electrons. The van der Waals surface area contributed by atoms with E-state index < -0.39 is 9.84 Å². The highest BCUT2D eigenvalue weighted by Gasteiger charge is 2.48. The van der Waals surface area contributed by atoms with Crippen molar-refractivity contribution in [1.82, 2.24) is 4.90 Å². The lowest BCUT2D eigenvalue weighted by atomic mass is 10.1. The summed E-state index contributed by atoms with van der Waals surface area (Å²) in [4.78, 5) is 18.0. The van der Waals surface area contributed by atoms with Crippen LogP contribution in [0, 0.1) is 0 Å². The van der Waals surface area contributed by atoms with Gasteiger partial charge in [-0.3, -0.25) is 4.79 Å². The van der Waals surface area contributed by atoms with Crippen LogP contribution in [0.15, 0.2) is 29.3 Å². The van der Waals surface area contributed by atoms with E-state index in [2.05, 4.69) is 4.99 Å². The predicted octanol–water partition coefficient (Wildman–Crippen LogP) is 1.74. The molecule has 2 aliphatic rings. The Labute approximate surface area is 152 Å². The number of hydrogen-bond donors (Lipinski definition) is 0. The van der Waals surface area contributed by atoms with E-state index in [1.54, 1.807) is 14.0 Å². The maximum atomic E-state index is 12.0. The van der Waals surface area contributed by atoms with Gasteiger partial charge >= 0.3 is 0 Å². The number of methoxy groups -OCH3 is 1. The van der Waals surface area contributed by atoms with Crippen LogP contribution in [0.4, 0.5) is 0 Å². The molecule has 2 fully saturated rings. The maximum Gasteiger partial charge on any atom is 0.247 e. The van der Waals surface area contributed by atoms with Crippen molar-refractivity contribution in [3.05, 3.63) is 29.8 Å². The Morgan fingerprint density at radius 2 is 2.04 bits per heavy atom. The molecular formula is C17H22N2O4S2. The van der Waals surface area contributed by atoms with Gasteiger partial charge in [-0.25, -0.2) is 8.42 Å². The van der Waals surface area contributed by atoms with Crippen molar-refractivity contribution in [3.63, 3.8) is 0 Å². The van der Waals surface area contributed by atoms with Crippen molar-refractivity contribution in [2.24, 2.45) is 4.99 Å². The topological polar surface area (TPSA) is 76.0 Å². The minimum atomic E-state index is -3.01. The molecule has 0 bridgehead atoms. The van der Waals surface area contributed by atoms with Crippen LogP contribution >= 0.6 is 11.8 Å². The minimum absolute atomic E-state index is 0.0238. The number of nitrogens with zero attached hydrogens (tertiary/aromatic N) is 2. The van der Waals surface area contributed by atoms with E-state index in [4.69, 9.17) is 4.74 Å². The highest BCUT2D eigenvalue weighted by Crippen LogP contribution is 2.38. The first-order valence-electron chi connectivity index (χ1n) is 8.30. The average molecular weight is 383 g/mol. The predicted molar refractivity (Wildman–Crippen MR) is 100.0 cm³/mol. The van der Waals surface area contributed by atoms with E-state index >= 15 is 0 Å². The summed E-state index contributed by atoms with van der Waals surface area (Å²) in [6.07, 6.45) is 1.11. The Morgan fingerprint density at radius 3 is 2.68 bits per heavy atom. The van der Waals surface area contributed by atoms with E-state index in [0.29, 0.717) is 18.1 Å². The quantitative estimate of drug-likeness (QED) is 0.772. The molecule has 2 atom stereocenters. The first-order chi connectivity index (χ1) is 11.9. The second kappa shape index (κ2) is 7.37. The Bertz CT molecular complexity index is 774. The SMILES string of the molecule is CCC(=O)N=C1S[C@H]2CS(=O)(=O)C[C@@H]2N1CCc1ccc(OC)cc1. The third-order valence-electron chi connectivity index (χ3n) is 4.50. The number of hydrogen-bond acceptors (Lipinski definition) is 5. The van der Waals surface area contributed by atoms with E-state index in [0.717, 1.165) is 17.7 Å². The number of amidine groups is 1. The van der Waals surface area contributed by atoms with Crippen molar-refractivity contribution in [2.45, 2.75) is 31.1 Å². The molecule has 0 aromatic heterocycles. The number of amides is 1. The molecule has 1 amide bonds. The van der Waals surface area contributed by atoms with Crippen molar-refractivity contribution in [2.75, 3.05) is 25.2 Å². The van der Waals surface area contributed by atoms with Gasteiger partial charge in [0.15, 0.2) is 15.0 Å². The molecule has 2 saturated heterocycles. The molecule has 0 N–H and O–H groups in total. The highest BCUT2D eigenvalue weighted by atomic mass is 32.2. The van der Waals surface area contributed by atoms with Crippen LogP contribution < -0.4 is 4.74 Å². The molecule has 2 aliphatic heterocycles. The van der Waals surface area contributed by atoms with Gasteiger partial charge in [-0.15, -0.1) is 0 Å². The summed E-state index contributed by atoms with van der Waals surface area (Å²) in [6.45, 7) is 2.42. The van der Waals surface area contributed by atoms with Crippen LogP contribution in [0.3, 0.4) is 0 Å². The van der Waals surface area contributed by atoms with Crippen molar-refractivity contribution >= 4 is 32.7 Å². The van der Waals surface area contributed by atoms with Gasteiger partial charge in [0.2, 0.25) is 5.91 Å². The van der Waals surface area contributed by atoms with Gasteiger partial charge in [0.05, 0.1) is 24.7 Å². The Balaban J connectivity index is 1.76. The Hall–Kier alpha value is -1.54. The number of carbonyl (C=O) groups excluding carboxylic acids is 1. The molecule has 8 heteroatoms. The summed E-state index contributed by atoms with van der Waals surface area (Å²) in [6, 6.07) is 7.73. The summed E-state index contributed by atoms with van der Waals surface area (Å²) in [5.41, 5.74) is 1.14. The Morgan fingerprint density at radius 1 is 1.32 bits per heavy atom. The largest absolute Gasteiger partial charge is 0.497 e. The third kappa shape index (κ3) is 4.17. The summed E-state index contributed by atoms with van der Waals surface area (Å²) in [7, 11) is -1.38. The molecule has 0 saturated carbocycles. The minimum Gasteiger partial charge on any atom is -0.497 e. The fourth-order valence-electron chi connectivity index (χ4n) is 3.12. The first kappa shape index (κ1) is 18.3. The fraction of sp³-hybridized carbons (Fsp3) is 0.529. The average Bonchev–Trinajstić information content (AvgIpc) is 3.04. The second-order valence-corrected chi connectivity index (χ2v) is 9.59. The van der Waals surface area contributed by atoms with Crippen molar-refractivity contribution in [1.29, 1.82) is 0 Å². The van der Waals surface area contributed by atoms with Crippen LogP contribution in [0.1, 0.15) is 18.9 Å². The van der Waals surface area contributed by atoms with Crippen LogP contribution in [-0.4, -0.2) is 60.8 Å². The zero-order chi connectivity index (χ0) is 18.0. The van der Waals surface area contributed by atoms with Crippen molar-refractivity contribution < 1.29 is 17.9 Å². The normalized spacial score (nSPS) is 26.0. The van der Waals surface area contributed by atoms with Crippen LogP contribution in [0.5, 0.6) is 5.75 Å². The zero-order valence-corrected chi connectivity index (χ0v) is 16.0. The van der Waals surface area contributed by atoms with Gasteiger partial charge in [-0.1, -0.05) is 30.8 Å². The van der Waals surface area contributed by atoms with Crippen LogP contribution in [0.25, 0.3) is 0 Å². The molecule has 0 aliphatic carbocycles. The number of carbonyl (C=O) groups is 1. The maximum absolute atomic E-state index is 12.0. The standard InChI is InChI=1S/C17H22N2O4S2/c1-3-16(20)18-17-19(14-10-25(21,22)11-15(14)24-17)9-8-12-4-6-13(23-2)7-5-12/h4-7,14-15H,3,8-11H2,1-2H3/t14-,15-/m0/s1. The molecule has 2 heterocycles.